The number of fused-ring (bicyclic) bond motifs is 1. The number of alkyl halides is 3. The predicted octanol–water partition coefficient (Wildman–Crippen LogP) is 3.45. The Balaban J connectivity index is 0.000000785. The van der Waals surface area contributed by atoms with Crippen LogP contribution in [0.1, 0.15) is 50.4 Å². The van der Waals surface area contributed by atoms with E-state index < -0.39 is 46.9 Å². The quantitative estimate of drug-likeness (QED) is 0.166. The van der Waals surface area contributed by atoms with E-state index in [1.54, 1.807) is 29.3 Å². The number of nitro benzene ring substituents is 1. The summed E-state index contributed by atoms with van der Waals surface area (Å²) in [6.45, 7) is 6.53. The molecule has 5 rings (SSSR count). The standard InChI is InChI=1S/C33H37N5O7.C2HF3O2/c1-4-44-28-19-22(12-13-27(28)45-20(2)3)29(35-37-17-14-21-8-5-6-11-25(21)31(37)34)32(39)36-16-15-26(33(40)41)30(36)23-9-7-10-24(18-23)38(42)43;3-2(4,5)1(6)7/h5-14,18-20,26,29-30,35H,4,15-17,34H2,1-3H3,(H,40,41);(H,6,7). The number of likely N-dealkylation sites (tertiary alicyclic amines) is 1. The molecule has 52 heavy (non-hydrogen) atoms. The van der Waals surface area contributed by atoms with Crippen molar-refractivity contribution in [2.75, 3.05) is 19.7 Å². The average Bonchev–Trinajstić information content (AvgIpc) is 3.54. The zero-order chi connectivity index (χ0) is 38.3. The van der Waals surface area contributed by atoms with E-state index in [0.29, 0.717) is 41.6 Å². The van der Waals surface area contributed by atoms with E-state index in [0.717, 1.165) is 10.4 Å². The summed E-state index contributed by atoms with van der Waals surface area (Å²) in [6.07, 6.45) is -3.02. The third kappa shape index (κ3) is 9.08. The molecule has 0 aromatic heterocycles. The number of nitro groups is 1. The molecule has 1 fully saturated rings. The van der Waals surface area contributed by atoms with Gasteiger partial charge in [-0.05, 0) is 55.7 Å². The van der Waals surface area contributed by atoms with Gasteiger partial charge in [0, 0.05) is 23.9 Å². The fraction of sp³-hybridized carbons (Fsp3) is 0.343. The second-order valence-corrected chi connectivity index (χ2v) is 12.0. The van der Waals surface area contributed by atoms with E-state index in [1.807, 2.05) is 51.1 Å². The molecular weight excluding hydrogens is 691 g/mol. The van der Waals surface area contributed by atoms with Crippen LogP contribution in [-0.2, 0) is 14.4 Å². The number of carbonyl (C=O) groups is 3. The van der Waals surface area contributed by atoms with E-state index in [4.69, 9.17) is 25.1 Å². The Morgan fingerprint density at radius 3 is 2.37 bits per heavy atom. The number of hydrogen-bond acceptors (Lipinski definition) is 10. The van der Waals surface area contributed by atoms with E-state index in [9.17, 15) is 38.0 Å². The van der Waals surface area contributed by atoms with Crippen LogP contribution in [0.3, 0.4) is 0 Å². The highest BCUT2D eigenvalue weighted by Gasteiger charge is 2.45. The zero-order valence-corrected chi connectivity index (χ0v) is 28.4. The summed E-state index contributed by atoms with van der Waals surface area (Å²) in [7, 11) is 0. The fourth-order valence-electron chi connectivity index (χ4n) is 5.91. The number of carboxylic acid groups (broad SMARTS) is 2. The SMILES string of the molecule is CCOc1cc(C(NN2CC=c3ccccc3=C2N)C(=O)N2CCC(C(=O)O)C2c2cccc([N+](=O)[O-])c2)ccc1OC(C)C.O=C(O)C(F)(F)F. The highest BCUT2D eigenvalue weighted by molar-refractivity contribution is 5.86. The molecule has 0 spiro atoms. The van der Waals surface area contributed by atoms with Crippen molar-refractivity contribution in [3.8, 4) is 11.5 Å². The summed E-state index contributed by atoms with van der Waals surface area (Å²) in [6, 6.07) is 16.8. The summed E-state index contributed by atoms with van der Waals surface area (Å²) in [5.74, 6) is -3.81. The van der Waals surface area contributed by atoms with Crippen LogP contribution in [0.25, 0.3) is 11.9 Å². The van der Waals surface area contributed by atoms with Gasteiger partial charge in [-0.2, -0.15) is 13.2 Å². The number of rotatable bonds is 11. The Labute approximate surface area is 295 Å². The summed E-state index contributed by atoms with van der Waals surface area (Å²) in [5.41, 5.74) is 10.7. The van der Waals surface area contributed by atoms with Gasteiger partial charge in [0.15, 0.2) is 11.5 Å². The molecule has 3 unspecified atom stereocenters. The molecule has 0 radical (unpaired) electrons. The Morgan fingerprint density at radius 1 is 1.06 bits per heavy atom. The maximum Gasteiger partial charge on any atom is 0.490 e. The number of non-ortho nitro benzene ring substituents is 1. The van der Waals surface area contributed by atoms with Crippen LogP contribution in [0, 0.1) is 16.0 Å². The number of nitrogens with two attached hydrogens (primary N) is 1. The van der Waals surface area contributed by atoms with Crippen molar-refractivity contribution in [2.24, 2.45) is 11.7 Å². The fourth-order valence-corrected chi connectivity index (χ4v) is 5.91. The molecule has 3 aromatic carbocycles. The van der Waals surface area contributed by atoms with Gasteiger partial charge in [-0.25, -0.2) is 10.2 Å². The second kappa shape index (κ2) is 16.5. The molecule has 0 bridgehead atoms. The number of nitrogens with one attached hydrogen (secondary N) is 1. The second-order valence-electron chi connectivity index (χ2n) is 12.0. The lowest BCUT2D eigenvalue weighted by molar-refractivity contribution is -0.385. The summed E-state index contributed by atoms with van der Waals surface area (Å²) >= 11 is 0. The Kier molecular flexibility index (Phi) is 12.3. The lowest BCUT2D eigenvalue weighted by Crippen LogP contribution is -2.53. The average molecular weight is 730 g/mol. The highest BCUT2D eigenvalue weighted by atomic mass is 19.4. The van der Waals surface area contributed by atoms with Gasteiger partial charge in [0.25, 0.3) is 5.69 Å². The molecule has 2 heterocycles. The summed E-state index contributed by atoms with van der Waals surface area (Å²) in [5, 5.41) is 32.3. The third-order valence-electron chi connectivity index (χ3n) is 8.18. The lowest BCUT2D eigenvalue weighted by atomic mass is 9.93. The normalized spacial score (nSPS) is 17.3. The van der Waals surface area contributed by atoms with Gasteiger partial charge in [0.2, 0.25) is 5.91 Å². The molecule has 3 atom stereocenters. The molecule has 5 N–H and O–H groups in total. The molecule has 3 aromatic rings. The number of ether oxygens (including phenoxy) is 2. The summed E-state index contributed by atoms with van der Waals surface area (Å²) < 4.78 is 43.6. The Hall–Kier alpha value is -5.84. The molecule has 0 aliphatic carbocycles. The number of aliphatic carboxylic acids is 2. The maximum absolute atomic E-state index is 14.7. The molecule has 14 nitrogen and oxygen atoms in total. The van der Waals surface area contributed by atoms with Crippen LogP contribution in [-0.4, -0.2) is 74.9 Å². The maximum atomic E-state index is 14.7. The van der Waals surface area contributed by atoms with Gasteiger partial charge in [0.1, 0.15) is 11.9 Å². The number of carboxylic acids is 2. The number of benzene rings is 3. The van der Waals surface area contributed by atoms with Crippen LogP contribution in [0.5, 0.6) is 11.5 Å². The largest absolute Gasteiger partial charge is 0.490 e. The van der Waals surface area contributed by atoms with Gasteiger partial charge in [-0.1, -0.05) is 48.5 Å². The van der Waals surface area contributed by atoms with E-state index in [-0.39, 0.29) is 24.8 Å². The molecular formula is C35H38F3N5O9. The smallest absolute Gasteiger partial charge is 0.490 e. The van der Waals surface area contributed by atoms with Gasteiger partial charge >= 0.3 is 18.1 Å². The van der Waals surface area contributed by atoms with Gasteiger partial charge in [-0.3, -0.25) is 24.7 Å². The minimum absolute atomic E-state index is 0.114. The molecule has 0 saturated carbocycles. The van der Waals surface area contributed by atoms with E-state index >= 15 is 0 Å². The highest BCUT2D eigenvalue weighted by Crippen LogP contribution is 2.41. The molecule has 17 heteroatoms. The minimum Gasteiger partial charge on any atom is -0.490 e. The van der Waals surface area contributed by atoms with Gasteiger partial charge in [0.05, 0.1) is 36.1 Å². The molecule has 1 saturated heterocycles. The van der Waals surface area contributed by atoms with Crippen molar-refractivity contribution in [3.05, 3.63) is 98.4 Å². The molecule has 2 aliphatic rings. The summed E-state index contributed by atoms with van der Waals surface area (Å²) in [4.78, 5) is 48.4. The number of amides is 1. The van der Waals surface area contributed by atoms with Crippen LogP contribution in [0.2, 0.25) is 0 Å². The van der Waals surface area contributed by atoms with Crippen molar-refractivity contribution < 1.29 is 52.2 Å². The molecule has 1 amide bonds. The van der Waals surface area contributed by atoms with Crippen LogP contribution >= 0.6 is 0 Å². The number of hydrazine groups is 1. The Bertz CT molecular complexity index is 1940. The van der Waals surface area contributed by atoms with Gasteiger partial charge in [-0.15, -0.1) is 0 Å². The predicted molar refractivity (Wildman–Crippen MR) is 181 cm³/mol. The van der Waals surface area contributed by atoms with Crippen LogP contribution < -0.4 is 31.1 Å². The van der Waals surface area contributed by atoms with Crippen molar-refractivity contribution >= 4 is 35.4 Å². The number of halogens is 3. The first-order valence-electron chi connectivity index (χ1n) is 16.1. The number of hydrogen-bond donors (Lipinski definition) is 4. The van der Waals surface area contributed by atoms with E-state index in [2.05, 4.69) is 5.43 Å². The lowest BCUT2D eigenvalue weighted by Gasteiger charge is -2.35. The van der Waals surface area contributed by atoms with Gasteiger partial charge < -0.3 is 30.3 Å². The number of nitrogens with zero attached hydrogens (tertiary/aromatic N) is 3. The Morgan fingerprint density at radius 2 is 1.75 bits per heavy atom. The zero-order valence-electron chi connectivity index (χ0n) is 28.4. The van der Waals surface area contributed by atoms with Crippen molar-refractivity contribution in [1.29, 1.82) is 0 Å². The minimum atomic E-state index is -5.08. The third-order valence-corrected chi connectivity index (χ3v) is 8.18. The van der Waals surface area contributed by atoms with Crippen molar-refractivity contribution in [3.63, 3.8) is 0 Å². The topological polar surface area (TPSA) is 198 Å². The van der Waals surface area contributed by atoms with Crippen LogP contribution in [0.4, 0.5) is 18.9 Å². The molecule has 2 aliphatic heterocycles. The molecule has 278 valence electrons. The van der Waals surface area contributed by atoms with Crippen molar-refractivity contribution in [1.82, 2.24) is 15.3 Å². The van der Waals surface area contributed by atoms with Crippen LogP contribution in [0.15, 0.2) is 66.7 Å². The first kappa shape index (κ1) is 39.0. The number of carbonyl (C=O) groups excluding carboxylic acids is 1. The first-order chi connectivity index (χ1) is 24.5. The van der Waals surface area contributed by atoms with E-state index in [1.165, 1.54) is 23.1 Å². The monoisotopic (exact) mass is 729 g/mol. The van der Waals surface area contributed by atoms with Crippen molar-refractivity contribution in [2.45, 2.75) is 51.6 Å². The first-order valence-corrected chi connectivity index (χ1v) is 16.1.